The van der Waals surface area contributed by atoms with Crippen molar-refractivity contribution in [1.82, 2.24) is 20.3 Å². The third kappa shape index (κ3) is 4.80. The van der Waals surface area contributed by atoms with Crippen LogP contribution < -0.4 is 10.2 Å². The first-order chi connectivity index (χ1) is 14.0. The van der Waals surface area contributed by atoms with E-state index in [1.165, 1.54) is 22.4 Å². The molecule has 0 radical (unpaired) electrons. The summed E-state index contributed by atoms with van der Waals surface area (Å²) in [7, 11) is 2.06. The van der Waals surface area contributed by atoms with E-state index in [1.54, 1.807) is 0 Å². The lowest BCUT2D eigenvalue weighted by Gasteiger charge is -2.37. The fourth-order valence-electron chi connectivity index (χ4n) is 4.07. The summed E-state index contributed by atoms with van der Waals surface area (Å²) in [5, 5.41) is 3.72. The van der Waals surface area contributed by atoms with Gasteiger partial charge in [-0.05, 0) is 41.5 Å². The number of nitrogens with one attached hydrogen (secondary N) is 1. The summed E-state index contributed by atoms with van der Waals surface area (Å²) in [6, 6.07) is 14.8. The van der Waals surface area contributed by atoms with E-state index >= 15 is 0 Å². The Morgan fingerprint density at radius 3 is 2.59 bits per heavy atom. The van der Waals surface area contributed by atoms with Crippen LogP contribution in [0.5, 0.6) is 0 Å². The van der Waals surface area contributed by atoms with E-state index in [9.17, 15) is 0 Å². The number of fused-ring (bicyclic) bond motifs is 1. The van der Waals surface area contributed by atoms with Crippen molar-refractivity contribution < 1.29 is 0 Å². The van der Waals surface area contributed by atoms with Gasteiger partial charge in [0.1, 0.15) is 0 Å². The molecule has 5 heteroatoms. The van der Waals surface area contributed by atoms with Gasteiger partial charge in [0.25, 0.3) is 0 Å². The smallest absolute Gasteiger partial charge is 0.225 e. The molecule has 0 bridgehead atoms. The van der Waals surface area contributed by atoms with E-state index in [1.807, 2.05) is 24.7 Å². The van der Waals surface area contributed by atoms with E-state index in [0.717, 1.165) is 31.9 Å². The highest BCUT2D eigenvalue weighted by Gasteiger charge is 2.33. The maximum absolute atomic E-state index is 4.98. The van der Waals surface area contributed by atoms with Crippen LogP contribution in [0, 0.1) is 5.41 Å². The van der Waals surface area contributed by atoms with Gasteiger partial charge in [0.15, 0.2) is 0 Å². The molecule has 29 heavy (non-hydrogen) atoms. The number of rotatable bonds is 6. The molecule has 0 spiro atoms. The SMILES string of the molecule is CN(Cc1ccccc1)c1ncc2c(n1)CC(C)(C)CC2NCc1ccncc1. The first-order valence-corrected chi connectivity index (χ1v) is 10.2. The van der Waals surface area contributed by atoms with Crippen LogP contribution in [-0.4, -0.2) is 22.0 Å². The summed E-state index contributed by atoms with van der Waals surface area (Å²) in [5.74, 6) is 0.790. The van der Waals surface area contributed by atoms with Crippen LogP contribution in [0.4, 0.5) is 5.95 Å². The molecular formula is C24H29N5. The maximum Gasteiger partial charge on any atom is 0.225 e. The molecular weight excluding hydrogens is 358 g/mol. The van der Waals surface area contributed by atoms with Gasteiger partial charge in [-0.2, -0.15) is 0 Å². The molecule has 0 aliphatic heterocycles. The molecule has 0 fully saturated rings. The average Bonchev–Trinajstić information content (AvgIpc) is 2.72. The molecule has 1 unspecified atom stereocenters. The molecule has 2 heterocycles. The Labute approximate surface area is 173 Å². The van der Waals surface area contributed by atoms with E-state index in [0.29, 0.717) is 0 Å². The van der Waals surface area contributed by atoms with Crippen LogP contribution in [-0.2, 0) is 19.5 Å². The van der Waals surface area contributed by atoms with Gasteiger partial charge in [-0.1, -0.05) is 44.2 Å². The molecule has 1 aromatic carbocycles. The van der Waals surface area contributed by atoms with Crippen molar-refractivity contribution in [1.29, 1.82) is 0 Å². The molecule has 4 rings (SSSR count). The molecule has 0 amide bonds. The van der Waals surface area contributed by atoms with Crippen molar-refractivity contribution in [3.63, 3.8) is 0 Å². The van der Waals surface area contributed by atoms with Crippen molar-refractivity contribution in [3.05, 3.63) is 83.4 Å². The Morgan fingerprint density at radius 2 is 1.83 bits per heavy atom. The van der Waals surface area contributed by atoms with Gasteiger partial charge in [0.05, 0.1) is 5.69 Å². The molecule has 0 saturated carbocycles. The highest BCUT2D eigenvalue weighted by Crippen LogP contribution is 2.40. The number of benzene rings is 1. The summed E-state index contributed by atoms with van der Waals surface area (Å²) >= 11 is 0. The molecule has 1 aliphatic rings. The van der Waals surface area contributed by atoms with Crippen LogP contribution in [0.15, 0.2) is 61.1 Å². The number of pyridine rings is 1. The largest absolute Gasteiger partial charge is 0.340 e. The predicted octanol–water partition coefficient (Wildman–Crippen LogP) is 4.31. The molecule has 3 aromatic rings. The second kappa shape index (κ2) is 8.29. The minimum absolute atomic E-state index is 0.201. The van der Waals surface area contributed by atoms with Gasteiger partial charge >= 0.3 is 0 Å². The van der Waals surface area contributed by atoms with Crippen molar-refractivity contribution in [3.8, 4) is 0 Å². The molecule has 1 aliphatic carbocycles. The van der Waals surface area contributed by atoms with Crippen molar-refractivity contribution in [2.75, 3.05) is 11.9 Å². The molecule has 2 aromatic heterocycles. The van der Waals surface area contributed by atoms with E-state index < -0.39 is 0 Å². The van der Waals surface area contributed by atoms with Gasteiger partial charge in [-0.25, -0.2) is 9.97 Å². The number of aromatic nitrogens is 3. The Balaban J connectivity index is 1.53. The van der Waals surface area contributed by atoms with Crippen LogP contribution in [0.1, 0.15) is 48.7 Å². The monoisotopic (exact) mass is 387 g/mol. The Morgan fingerprint density at radius 1 is 1.07 bits per heavy atom. The highest BCUT2D eigenvalue weighted by atomic mass is 15.2. The summed E-state index contributed by atoms with van der Waals surface area (Å²) in [6.07, 6.45) is 7.76. The van der Waals surface area contributed by atoms with Crippen molar-refractivity contribution in [2.45, 2.75) is 45.8 Å². The number of anilines is 1. The number of hydrogen-bond donors (Lipinski definition) is 1. The second-order valence-electron chi connectivity index (χ2n) is 8.75. The molecule has 150 valence electrons. The highest BCUT2D eigenvalue weighted by molar-refractivity contribution is 5.37. The standard InChI is InChI=1S/C24H29N5/c1-24(2)13-21(26-15-18-9-11-25-12-10-18)20-16-27-23(28-22(20)14-24)29(3)17-19-7-5-4-6-8-19/h4-12,16,21,26H,13-15,17H2,1-3H3. The Hall–Kier alpha value is -2.79. The second-order valence-corrected chi connectivity index (χ2v) is 8.75. The predicted molar refractivity (Wildman–Crippen MR) is 117 cm³/mol. The summed E-state index contributed by atoms with van der Waals surface area (Å²) < 4.78 is 0. The van der Waals surface area contributed by atoms with Gasteiger partial charge in [-0.15, -0.1) is 0 Å². The van der Waals surface area contributed by atoms with Gasteiger partial charge < -0.3 is 10.2 Å². The average molecular weight is 388 g/mol. The zero-order valence-electron chi connectivity index (χ0n) is 17.5. The molecule has 0 saturated heterocycles. The van der Waals surface area contributed by atoms with E-state index in [2.05, 4.69) is 72.5 Å². The topological polar surface area (TPSA) is 53.9 Å². The summed E-state index contributed by atoms with van der Waals surface area (Å²) in [5.41, 5.74) is 5.10. The third-order valence-electron chi connectivity index (χ3n) is 5.57. The maximum atomic E-state index is 4.98. The van der Waals surface area contributed by atoms with Crippen LogP contribution in [0.3, 0.4) is 0 Å². The molecule has 1 atom stereocenters. The van der Waals surface area contributed by atoms with E-state index in [-0.39, 0.29) is 11.5 Å². The van der Waals surface area contributed by atoms with Crippen LogP contribution in [0.25, 0.3) is 0 Å². The van der Waals surface area contributed by atoms with Gasteiger partial charge in [0.2, 0.25) is 5.95 Å². The minimum Gasteiger partial charge on any atom is -0.340 e. The summed E-state index contributed by atoms with van der Waals surface area (Å²) in [4.78, 5) is 15.9. The number of nitrogens with zero attached hydrogens (tertiary/aromatic N) is 4. The molecule has 5 nitrogen and oxygen atoms in total. The summed E-state index contributed by atoms with van der Waals surface area (Å²) in [6.45, 7) is 6.27. The lowest BCUT2D eigenvalue weighted by molar-refractivity contribution is 0.252. The van der Waals surface area contributed by atoms with Crippen LogP contribution >= 0.6 is 0 Å². The van der Waals surface area contributed by atoms with Crippen LogP contribution in [0.2, 0.25) is 0 Å². The van der Waals surface area contributed by atoms with Gasteiger partial charge in [0, 0.05) is 50.3 Å². The quantitative estimate of drug-likeness (QED) is 0.683. The molecule has 1 N–H and O–H groups in total. The Kier molecular flexibility index (Phi) is 5.58. The fourth-order valence-corrected chi connectivity index (χ4v) is 4.07. The fraction of sp³-hybridized carbons (Fsp3) is 0.375. The van der Waals surface area contributed by atoms with Gasteiger partial charge in [-0.3, -0.25) is 4.98 Å². The third-order valence-corrected chi connectivity index (χ3v) is 5.57. The lowest BCUT2D eigenvalue weighted by atomic mass is 9.74. The first kappa shape index (κ1) is 19.5. The zero-order chi connectivity index (χ0) is 20.3. The van der Waals surface area contributed by atoms with Crippen molar-refractivity contribution >= 4 is 5.95 Å². The lowest BCUT2D eigenvalue weighted by Crippen LogP contribution is -2.34. The first-order valence-electron chi connectivity index (χ1n) is 10.2. The normalized spacial score (nSPS) is 17.6. The Bertz CT molecular complexity index is 940. The zero-order valence-corrected chi connectivity index (χ0v) is 17.5. The minimum atomic E-state index is 0.201. The van der Waals surface area contributed by atoms with E-state index in [4.69, 9.17) is 9.97 Å². The number of hydrogen-bond acceptors (Lipinski definition) is 5. The van der Waals surface area contributed by atoms with Crippen molar-refractivity contribution in [2.24, 2.45) is 5.41 Å².